The van der Waals surface area contributed by atoms with Gasteiger partial charge in [-0.15, -0.1) is 0 Å². The summed E-state index contributed by atoms with van der Waals surface area (Å²) in [6.45, 7) is 4.48. The van der Waals surface area contributed by atoms with Crippen molar-refractivity contribution in [1.82, 2.24) is 0 Å². The first kappa shape index (κ1) is 10.2. The normalized spacial score (nSPS) is 18.7. The molecule has 0 aromatic heterocycles. The van der Waals surface area contributed by atoms with Crippen molar-refractivity contribution < 1.29 is 9.84 Å². The van der Waals surface area contributed by atoms with Gasteiger partial charge in [0.15, 0.2) is 6.29 Å². The fourth-order valence-corrected chi connectivity index (χ4v) is 2.09. The molecule has 1 aliphatic rings. The van der Waals surface area contributed by atoms with Crippen molar-refractivity contribution in [2.75, 3.05) is 0 Å². The van der Waals surface area contributed by atoms with E-state index in [9.17, 15) is 5.11 Å². The molecule has 0 aliphatic carbocycles. The molecule has 0 saturated carbocycles. The minimum atomic E-state index is -0.931. The Morgan fingerprint density at radius 1 is 1.67 bits per heavy atom. The van der Waals surface area contributed by atoms with E-state index in [1.165, 1.54) is 0 Å². The second-order valence-corrected chi connectivity index (χ2v) is 3.73. The van der Waals surface area contributed by atoms with Crippen LogP contribution in [0.2, 0.25) is 0 Å². The third kappa shape index (κ3) is 1.43. The van der Waals surface area contributed by atoms with Crippen molar-refractivity contribution in [3.05, 3.63) is 33.9 Å². The maximum atomic E-state index is 9.61. The molecule has 0 saturated heterocycles. The quantitative estimate of drug-likeness (QED) is 0.759. The summed E-state index contributed by atoms with van der Waals surface area (Å²) in [7, 11) is 0. The molecular formula is C12H13NO2. The van der Waals surface area contributed by atoms with Crippen molar-refractivity contribution in [3.63, 3.8) is 0 Å². The summed E-state index contributed by atoms with van der Waals surface area (Å²) in [5.74, 6) is 0. The van der Waals surface area contributed by atoms with Crippen LogP contribution in [0, 0.1) is 18.3 Å². The van der Waals surface area contributed by atoms with E-state index in [0.29, 0.717) is 17.7 Å². The molecule has 1 aromatic rings. The number of hydrogen-bond donors (Lipinski definition) is 1. The van der Waals surface area contributed by atoms with Gasteiger partial charge in [-0.1, -0.05) is 6.92 Å². The topological polar surface area (TPSA) is 53.2 Å². The first-order valence-electron chi connectivity index (χ1n) is 5.04. The lowest BCUT2D eigenvalue weighted by atomic mass is 9.93. The van der Waals surface area contributed by atoms with E-state index in [2.05, 4.69) is 13.0 Å². The number of nitrogens with zero attached hydrogens (tertiary/aromatic N) is 1. The third-order valence-electron chi connectivity index (χ3n) is 3.00. The van der Waals surface area contributed by atoms with E-state index in [4.69, 9.17) is 10.00 Å². The predicted octanol–water partition coefficient (Wildman–Crippen LogP) is 1.95. The Morgan fingerprint density at radius 2 is 2.40 bits per heavy atom. The molecule has 78 valence electrons. The van der Waals surface area contributed by atoms with E-state index < -0.39 is 6.29 Å². The van der Waals surface area contributed by atoms with Gasteiger partial charge in [-0.05, 0) is 36.1 Å². The van der Waals surface area contributed by atoms with E-state index in [-0.39, 0.29) is 0 Å². The second kappa shape index (κ2) is 3.65. The molecular weight excluding hydrogens is 190 g/mol. The van der Waals surface area contributed by atoms with Crippen molar-refractivity contribution in [2.45, 2.75) is 33.2 Å². The fraction of sp³-hybridized carbons (Fsp3) is 0.417. The number of aliphatic hydroxyl groups excluding tert-OH is 1. The van der Waals surface area contributed by atoms with Crippen LogP contribution in [-0.4, -0.2) is 5.11 Å². The van der Waals surface area contributed by atoms with Crippen LogP contribution in [0.15, 0.2) is 6.07 Å². The van der Waals surface area contributed by atoms with Gasteiger partial charge in [0, 0.05) is 5.56 Å². The monoisotopic (exact) mass is 203 g/mol. The smallest absolute Gasteiger partial charge is 0.183 e. The molecule has 0 spiro atoms. The summed E-state index contributed by atoms with van der Waals surface area (Å²) < 4.78 is 5.15. The molecule has 2 rings (SSSR count). The number of rotatable bonds is 1. The lowest BCUT2D eigenvalue weighted by Gasteiger charge is -2.11. The Bertz CT molecular complexity index is 446. The van der Waals surface area contributed by atoms with E-state index >= 15 is 0 Å². The zero-order valence-electron chi connectivity index (χ0n) is 8.87. The van der Waals surface area contributed by atoms with Crippen LogP contribution < -0.4 is 0 Å². The van der Waals surface area contributed by atoms with E-state index in [0.717, 1.165) is 23.1 Å². The number of ether oxygens (including phenoxy) is 1. The minimum absolute atomic E-state index is 0.408. The molecule has 3 nitrogen and oxygen atoms in total. The molecule has 0 bridgehead atoms. The van der Waals surface area contributed by atoms with Gasteiger partial charge in [0.05, 0.1) is 18.2 Å². The van der Waals surface area contributed by atoms with Gasteiger partial charge in [0.25, 0.3) is 0 Å². The average molecular weight is 203 g/mol. The highest BCUT2D eigenvalue weighted by Crippen LogP contribution is 2.35. The van der Waals surface area contributed by atoms with Crippen LogP contribution >= 0.6 is 0 Å². The number of benzene rings is 1. The second-order valence-electron chi connectivity index (χ2n) is 3.73. The van der Waals surface area contributed by atoms with Crippen LogP contribution in [-0.2, 0) is 17.8 Å². The first-order valence-corrected chi connectivity index (χ1v) is 5.04. The van der Waals surface area contributed by atoms with Crippen LogP contribution in [0.5, 0.6) is 0 Å². The van der Waals surface area contributed by atoms with Crippen molar-refractivity contribution in [3.8, 4) is 6.07 Å². The van der Waals surface area contributed by atoms with Crippen LogP contribution in [0.4, 0.5) is 0 Å². The standard InChI is InChI=1S/C12H13NO2/c1-3-8-4-9(5-13)11-10(7(8)2)6-15-12(11)14/h4,12,14H,3,6H2,1-2H3. The maximum absolute atomic E-state index is 9.61. The molecule has 0 fully saturated rings. The lowest BCUT2D eigenvalue weighted by molar-refractivity contribution is -0.0919. The Balaban J connectivity index is 2.70. The first-order chi connectivity index (χ1) is 7.19. The van der Waals surface area contributed by atoms with Crippen molar-refractivity contribution in [2.24, 2.45) is 0 Å². The van der Waals surface area contributed by atoms with Gasteiger partial charge in [-0.3, -0.25) is 0 Å². The van der Waals surface area contributed by atoms with Crippen molar-refractivity contribution in [1.29, 1.82) is 5.26 Å². The summed E-state index contributed by atoms with van der Waals surface area (Å²) in [4.78, 5) is 0. The number of aliphatic hydroxyl groups is 1. The SMILES string of the molecule is CCc1cc(C#N)c2c(c1C)COC2O. The highest BCUT2D eigenvalue weighted by molar-refractivity contribution is 5.52. The number of nitriles is 1. The Kier molecular flexibility index (Phi) is 2.47. The van der Waals surface area contributed by atoms with Gasteiger partial charge in [0.1, 0.15) is 0 Å². The molecule has 0 amide bonds. The van der Waals surface area contributed by atoms with Gasteiger partial charge >= 0.3 is 0 Å². The summed E-state index contributed by atoms with van der Waals surface area (Å²) in [6, 6.07) is 3.97. The highest BCUT2D eigenvalue weighted by atomic mass is 16.6. The van der Waals surface area contributed by atoms with E-state index in [1.807, 2.05) is 13.0 Å². The van der Waals surface area contributed by atoms with Gasteiger partial charge in [-0.2, -0.15) is 5.26 Å². The van der Waals surface area contributed by atoms with Gasteiger partial charge in [0.2, 0.25) is 0 Å². The van der Waals surface area contributed by atoms with Crippen LogP contribution in [0.3, 0.4) is 0 Å². The molecule has 1 atom stereocenters. The Labute approximate surface area is 88.9 Å². The molecule has 1 aromatic carbocycles. The van der Waals surface area contributed by atoms with E-state index in [1.54, 1.807) is 0 Å². The molecule has 3 heteroatoms. The highest BCUT2D eigenvalue weighted by Gasteiger charge is 2.27. The lowest BCUT2D eigenvalue weighted by Crippen LogP contribution is -2.00. The van der Waals surface area contributed by atoms with Crippen molar-refractivity contribution >= 4 is 0 Å². The van der Waals surface area contributed by atoms with Gasteiger partial charge < -0.3 is 9.84 Å². The summed E-state index contributed by atoms with van der Waals surface area (Å²) in [5, 5.41) is 18.6. The molecule has 1 aliphatic heterocycles. The zero-order valence-corrected chi connectivity index (χ0v) is 8.87. The largest absolute Gasteiger partial charge is 0.364 e. The zero-order chi connectivity index (χ0) is 11.0. The fourth-order valence-electron chi connectivity index (χ4n) is 2.09. The summed E-state index contributed by atoms with van der Waals surface area (Å²) >= 11 is 0. The summed E-state index contributed by atoms with van der Waals surface area (Å²) in [6.07, 6.45) is -0.0385. The number of hydrogen-bond acceptors (Lipinski definition) is 3. The predicted molar refractivity (Wildman–Crippen MR) is 55.0 cm³/mol. The van der Waals surface area contributed by atoms with Crippen LogP contribution in [0.1, 0.15) is 41.0 Å². The average Bonchev–Trinajstić information content (AvgIpc) is 2.63. The maximum Gasteiger partial charge on any atom is 0.183 e. The van der Waals surface area contributed by atoms with Gasteiger partial charge in [-0.25, -0.2) is 0 Å². The van der Waals surface area contributed by atoms with Crippen LogP contribution in [0.25, 0.3) is 0 Å². The Hall–Kier alpha value is -1.37. The molecule has 15 heavy (non-hydrogen) atoms. The molecule has 1 unspecified atom stereocenters. The summed E-state index contributed by atoms with van der Waals surface area (Å²) in [5.41, 5.74) is 4.48. The molecule has 1 N–H and O–H groups in total. The number of fused-ring (bicyclic) bond motifs is 1. The molecule has 1 heterocycles. The Morgan fingerprint density at radius 3 is 3.00 bits per heavy atom. The number of aryl methyl sites for hydroxylation is 1. The third-order valence-corrected chi connectivity index (χ3v) is 3.00. The minimum Gasteiger partial charge on any atom is -0.364 e. The molecule has 0 radical (unpaired) electrons.